The molecule has 0 radical (unpaired) electrons. The van der Waals surface area contributed by atoms with E-state index in [1.807, 2.05) is 18.2 Å². The molecule has 7 nitrogen and oxygen atoms in total. The fourth-order valence-corrected chi connectivity index (χ4v) is 4.44. The average molecular weight is 435 g/mol. The summed E-state index contributed by atoms with van der Waals surface area (Å²) in [6.07, 6.45) is 0. The van der Waals surface area contributed by atoms with Gasteiger partial charge >= 0.3 is 0 Å². The zero-order valence-electron chi connectivity index (χ0n) is 17.4. The number of nitriles is 1. The van der Waals surface area contributed by atoms with Gasteiger partial charge in [0.05, 0.1) is 31.4 Å². The first-order valence-electron chi connectivity index (χ1n) is 9.61. The zero-order valence-corrected chi connectivity index (χ0v) is 18.2. The smallest absolute Gasteiger partial charge is 0.244 e. The number of rotatable bonds is 6. The summed E-state index contributed by atoms with van der Waals surface area (Å²) in [7, 11) is 3.19. The van der Waals surface area contributed by atoms with Crippen molar-refractivity contribution in [2.75, 3.05) is 14.2 Å². The molecule has 0 saturated heterocycles. The highest BCUT2D eigenvalue weighted by Gasteiger charge is 2.37. The van der Waals surface area contributed by atoms with Crippen LogP contribution in [0.25, 0.3) is 0 Å². The Morgan fingerprint density at radius 1 is 1.19 bits per heavy atom. The van der Waals surface area contributed by atoms with Crippen molar-refractivity contribution in [3.05, 3.63) is 76.3 Å². The van der Waals surface area contributed by atoms with E-state index >= 15 is 0 Å². The van der Waals surface area contributed by atoms with Crippen LogP contribution in [-0.2, 0) is 5.75 Å². The van der Waals surface area contributed by atoms with E-state index < -0.39 is 5.92 Å². The van der Waals surface area contributed by atoms with Crippen molar-refractivity contribution in [1.82, 2.24) is 10.2 Å². The number of ether oxygens (including phenoxy) is 3. The van der Waals surface area contributed by atoms with Crippen LogP contribution in [0.5, 0.6) is 17.4 Å². The second-order valence-electron chi connectivity index (χ2n) is 7.06. The summed E-state index contributed by atoms with van der Waals surface area (Å²) in [4.78, 5) is 1.14. The third-order valence-electron chi connectivity index (χ3n) is 5.17. The van der Waals surface area contributed by atoms with Gasteiger partial charge in [0.25, 0.3) is 0 Å². The van der Waals surface area contributed by atoms with Crippen LogP contribution < -0.4 is 19.9 Å². The van der Waals surface area contributed by atoms with E-state index in [2.05, 4.69) is 47.5 Å². The minimum absolute atomic E-state index is 0.0362. The molecule has 158 valence electrons. The summed E-state index contributed by atoms with van der Waals surface area (Å²) in [6, 6.07) is 16.0. The molecule has 0 aliphatic carbocycles. The van der Waals surface area contributed by atoms with E-state index in [1.54, 1.807) is 26.0 Å². The molecular formula is C23H22N4O3S. The van der Waals surface area contributed by atoms with Crippen LogP contribution in [0, 0.1) is 18.3 Å². The van der Waals surface area contributed by atoms with Gasteiger partial charge in [0.1, 0.15) is 23.1 Å². The molecular weight excluding hydrogens is 412 g/mol. The van der Waals surface area contributed by atoms with Crippen molar-refractivity contribution in [1.29, 1.82) is 5.26 Å². The highest BCUT2D eigenvalue weighted by molar-refractivity contribution is 7.98. The molecule has 1 aliphatic heterocycles. The van der Waals surface area contributed by atoms with Crippen molar-refractivity contribution in [2.45, 2.75) is 23.5 Å². The molecule has 1 aromatic heterocycles. The molecule has 1 aliphatic rings. The normalized spacial score (nSPS) is 15.1. The summed E-state index contributed by atoms with van der Waals surface area (Å²) in [5.41, 5.74) is 9.99. The number of H-pyrrole nitrogens is 1. The highest BCUT2D eigenvalue weighted by atomic mass is 32.2. The number of hydrogen-bond acceptors (Lipinski definition) is 7. The molecule has 3 aromatic rings. The first-order chi connectivity index (χ1) is 15.0. The van der Waals surface area contributed by atoms with Gasteiger partial charge in [-0.05, 0) is 37.3 Å². The highest BCUT2D eigenvalue weighted by Crippen LogP contribution is 2.47. The molecule has 8 heteroatoms. The van der Waals surface area contributed by atoms with Gasteiger partial charge in [0.15, 0.2) is 0 Å². The Morgan fingerprint density at radius 2 is 1.97 bits per heavy atom. The third kappa shape index (κ3) is 3.92. The number of allylic oxidation sites excluding steroid dienone is 1. The summed E-state index contributed by atoms with van der Waals surface area (Å²) >= 11 is 1.67. The molecule has 0 spiro atoms. The van der Waals surface area contributed by atoms with Crippen molar-refractivity contribution in [3.63, 3.8) is 0 Å². The number of aryl methyl sites for hydroxylation is 1. The number of benzene rings is 2. The second-order valence-corrected chi connectivity index (χ2v) is 8.10. The standard InChI is InChI=1S/C23H22N4O3S/c1-13-4-7-15(8-5-13)31-12-18-21-20(16-10-14(28-2)6-9-19(16)29-3)17(11-24)22(25)30-23(21)27-26-18/h4-10,20H,12,25H2,1-3H3,(H,26,27)/t20-/m1/s1. The Labute approximate surface area is 184 Å². The molecule has 1 atom stereocenters. The number of nitrogens with one attached hydrogen (secondary N) is 1. The van der Waals surface area contributed by atoms with E-state index in [9.17, 15) is 5.26 Å². The van der Waals surface area contributed by atoms with E-state index in [0.717, 1.165) is 21.7 Å². The van der Waals surface area contributed by atoms with Crippen LogP contribution in [0.1, 0.15) is 28.3 Å². The molecule has 0 saturated carbocycles. The summed E-state index contributed by atoms with van der Waals surface area (Å²) in [5, 5.41) is 17.3. The van der Waals surface area contributed by atoms with Crippen LogP contribution in [0.2, 0.25) is 0 Å². The van der Waals surface area contributed by atoms with Gasteiger partial charge in [-0.1, -0.05) is 17.7 Å². The number of thioether (sulfide) groups is 1. The Kier molecular flexibility index (Phi) is 5.78. The van der Waals surface area contributed by atoms with Crippen molar-refractivity contribution >= 4 is 11.8 Å². The van der Waals surface area contributed by atoms with Crippen LogP contribution >= 0.6 is 11.8 Å². The molecule has 0 bridgehead atoms. The number of hydrogen-bond donors (Lipinski definition) is 2. The molecule has 0 fully saturated rings. The van der Waals surface area contributed by atoms with Gasteiger partial charge in [-0.25, -0.2) is 0 Å². The number of methoxy groups -OCH3 is 2. The Morgan fingerprint density at radius 3 is 2.65 bits per heavy atom. The maximum Gasteiger partial charge on any atom is 0.244 e. The van der Waals surface area contributed by atoms with Crippen molar-refractivity contribution in [2.24, 2.45) is 5.73 Å². The predicted octanol–water partition coefficient (Wildman–Crippen LogP) is 4.25. The third-order valence-corrected chi connectivity index (χ3v) is 6.21. The number of nitrogens with zero attached hydrogens (tertiary/aromatic N) is 2. The van der Waals surface area contributed by atoms with E-state index in [-0.39, 0.29) is 5.88 Å². The van der Waals surface area contributed by atoms with Gasteiger partial charge in [-0.3, -0.25) is 5.10 Å². The van der Waals surface area contributed by atoms with Crippen LogP contribution in [-0.4, -0.2) is 24.4 Å². The van der Waals surface area contributed by atoms with Crippen molar-refractivity contribution in [3.8, 4) is 23.4 Å². The minimum Gasteiger partial charge on any atom is -0.497 e. The summed E-state index contributed by atoms with van der Waals surface area (Å²) in [6.45, 7) is 2.06. The average Bonchev–Trinajstić information content (AvgIpc) is 3.19. The lowest BCUT2D eigenvalue weighted by Gasteiger charge is -2.25. The molecule has 3 N–H and O–H groups in total. The second kappa shape index (κ2) is 8.66. The molecule has 2 heterocycles. The maximum absolute atomic E-state index is 9.90. The van der Waals surface area contributed by atoms with Gasteiger partial charge in [0, 0.05) is 16.2 Å². The van der Waals surface area contributed by atoms with Crippen LogP contribution in [0.3, 0.4) is 0 Å². The Hall–Kier alpha value is -3.57. The van der Waals surface area contributed by atoms with Crippen LogP contribution in [0.15, 0.2) is 58.8 Å². The van der Waals surface area contributed by atoms with Gasteiger partial charge in [-0.2, -0.15) is 5.26 Å². The lowest BCUT2D eigenvalue weighted by atomic mass is 9.83. The maximum atomic E-state index is 9.90. The lowest BCUT2D eigenvalue weighted by Crippen LogP contribution is -2.21. The number of nitrogens with two attached hydrogens (primary N) is 1. The summed E-state index contributed by atoms with van der Waals surface area (Å²) in [5.74, 6) is 1.80. The first-order valence-corrected chi connectivity index (χ1v) is 10.6. The SMILES string of the molecule is COc1ccc(OC)c([C@@H]2C(C#N)=C(N)Oc3n[nH]c(CSc4ccc(C)cc4)c32)c1. The van der Waals surface area contributed by atoms with Crippen molar-refractivity contribution < 1.29 is 14.2 Å². The topological polar surface area (TPSA) is 106 Å². The zero-order chi connectivity index (χ0) is 22.0. The molecule has 2 aromatic carbocycles. The largest absolute Gasteiger partial charge is 0.497 e. The van der Waals surface area contributed by atoms with E-state index in [1.165, 1.54) is 5.56 Å². The van der Waals surface area contributed by atoms with Crippen LogP contribution in [0.4, 0.5) is 0 Å². The molecule has 4 rings (SSSR count). The van der Waals surface area contributed by atoms with Gasteiger partial charge < -0.3 is 19.9 Å². The molecule has 31 heavy (non-hydrogen) atoms. The number of fused-ring (bicyclic) bond motifs is 1. The first kappa shape index (κ1) is 20.7. The van der Waals surface area contributed by atoms with E-state index in [4.69, 9.17) is 19.9 Å². The number of aromatic nitrogens is 2. The fourth-order valence-electron chi connectivity index (χ4n) is 3.58. The summed E-state index contributed by atoms with van der Waals surface area (Å²) < 4.78 is 16.7. The number of aromatic amines is 1. The monoisotopic (exact) mass is 434 g/mol. The Bertz CT molecular complexity index is 1180. The quantitative estimate of drug-likeness (QED) is 0.559. The van der Waals surface area contributed by atoms with E-state index in [0.29, 0.717) is 28.7 Å². The molecule has 0 amide bonds. The minimum atomic E-state index is -0.494. The fraction of sp³-hybridized carbons (Fsp3) is 0.217. The molecule has 0 unspecified atom stereocenters. The lowest BCUT2D eigenvalue weighted by molar-refractivity contribution is 0.373. The van der Waals surface area contributed by atoms with Gasteiger partial charge in [-0.15, -0.1) is 16.9 Å². The Balaban J connectivity index is 1.79. The van der Waals surface area contributed by atoms with Gasteiger partial charge in [0.2, 0.25) is 11.8 Å². The predicted molar refractivity (Wildman–Crippen MR) is 118 cm³/mol.